The van der Waals surface area contributed by atoms with E-state index in [-0.39, 0.29) is 24.9 Å². The lowest BCUT2D eigenvalue weighted by Crippen LogP contribution is -2.51. The molecule has 19 heavy (non-hydrogen) atoms. The van der Waals surface area contributed by atoms with Crippen molar-refractivity contribution in [1.82, 2.24) is 10.2 Å². The fourth-order valence-corrected chi connectivity index (χ4v) is 2.24. The van der Waals surface area contributed by atoms with Crippen molar-refractivity contribution >= 4 is 45.0 Å². The molecule has 1 aromatic carbocycles. The van der Waals surface area contributed by atoms with E-state index >= 15 is 0 Å². The van der Waals surface area contributed by atoms with Crippen LogP contribution in [-0.2, 0) is 9.59 Å². The van der Waals surface area contributed by atoms with Gasteiger partial charge in [-0.05, 0) is 34.1 Å². The Hall–Kier alpha value is -1.27. The molecule has 5 nitrogen and oxygen atoms in total. The summed E-state index contributed by atoms with van der Waals surface area (Å²) in [5.74, 6) is -0.213. The van der Waals surface area contributed by atoms with Crippen LogP contribution in [0.5, 0.6) is 0 Å². The fraction of sp³-hybridized carbons (Fsp3) is 0.333. The molecule has 102 valence electrons. The largest absolute Gasteiger partial charge is 0.376 e. The van der Waals surface area contributed by atoms with Gasteiger partial charge >= 0.3 is 0 Å². The van der Waals surface area contributed by atoms with E-state index in [4.69, 9.17) is 11.6 Å². The SMILES string of the molecule is O=C1CN(C(=O)CNc2ccc(Cl)c(Br)c2)CCN1. The van der Waals surface area contributed by atoms with Crippen molar-refractivity contribution in [2.24, 2.45) is 0 Å². The summed E-state index contributed by atoms with van der Waals surface area (Å²) in [6, 6.07) is 5.34. The molecular formula is C12H13BrClN3O2. The first-order valence-corrected chi connectivity index (χ1v) is 6.97. The molecule has 2 rings (SSSR count). The molecule has 1 aliphatic rings. The number of hydrogen-bond acceptors (Lipinski definition) is 3. The molecule has 1 saturated heterocycles. The van der Waals surface area contributed by atoms with Crippen molar-refractivity contribution < 1.29 is 9.59 Å². The normalized spacial score (nSPS) is 15.1. The summed E-state index contributed by atoms with van der Waals surface area (Å²) in [7, 11) is 0. The minimum absolute atomic E-state index is 0.0964. The Morgan fingerprint density at radius 2 is 2.32 bits per heavy atom. The minimum atomic E-state index is -0.117. The lowest BCUT2D eigenvalue weighted by atomic mass is 10.3. The summed E-state index contributed by atoms with van der Waals surface area (Å²) in [5.41, 5.74) is 0.797. The quantitative estimate of drug-likeness (QED) is 0.871. The van der Waals surface area contributed by atoms with E-state index < -0.39 is 0 Å². The highest BCUT2D eigenvalue weighted by Gasteiger charge is 2.20. The number of amides is 2. The number of halogens is 2. The van der Waals surface area contributed by atoms with Crippen LogP contribution in [-0.4, -0.2) is 42.9 Å². The van der Waals surface area contributed by atoms with E-state index in [0.29, 0.717) is 18.1 Å². The highest BCUT2D eigenvalue weighted by atomic mass is 79.9. The minimum Gasteiger partial charge on any atom is -0.376 e. The number of rotatable bonds is 3. The molecular weight excluding hydrogens is 334 g/mol. The van der Waals surface area contributed by atoms with Gasteiger partial charge in [-0.2, -0.15) is 0 Å². The third-order valence-electron chi connectivity index (χ3n) is 2.75. The van der Waals surface area contributed by atoms with Crippen molar-refractivity contribution in [2.45, 2.75) is 0 Å². The molecule has 1 aromatic rings. The van der Waals surface area contributed by atoms with Gasteiger partial charge in [0.05, 0.1) is 18.1 Å². The molecule has 0 bridgehead atoms. The maximum atomic E-state index is 11.9. The summed E-state index contributed by atoms with van der Waals surface area (Å²) in [5, 5.41) is 6.31. The van der Waals surface area contributed by atoms with E-state index in [1.807, 2.05) is 0 Å². The first kappa shape index (κ1) is 14.1. The molecule has 0 spiro atoms. The van der Waals surface area contributed by atoms with Gasteiger partial charge < -0.3 is 15.5 Å². The Morgan fingerprint density at radius 3 is 3.00 bits per heavy atom. The average molecular weight is 347 g/mol. The number of anilines is 1. The van der Waals surface area contributed by atoms with E-state index in [0.717, 1.165) is 10.2 Å². The number of nitrogens with zero attached hydrogens (tertiary/aromatic N) is 1. The zero-order valence-electron chi connectivity index (χ0n) is 10.1. The van der Waals surface area contributed by atoms with Gasteiger partial charge in [-0.3, -0.25) is 9.59 Å². The third-order valence-corrected chi connectivity index (χ3v) is 3.97. The van der Waals surface area contributed by atoms with Crippen LogP contribution in [0.4, 0.5) is 5.69 Å². The van der Waals surface area contributed by atoms with E-state index in [1.165, 1.54) is 4.90 Å². The van der Waals surface area contributed by atoms with Crippen LogP contribution in [0.25, 0.3) is 0 Å². The van der Waals surface area contributed by atoms with Gasteiger partial charge in [0.1, 0.15) is 0 Å². The Labute approximate surface area is 124 Å². The molecule has 1 heterocycles. The molecule has 2 amide bonds. The van der Waals surface area contributed by atoms with Crippen LogP contribution in [0, 0.1) is 0 Å². The molecule has 2 N–H and O–H groups in total. The van der Waals surface area contributed by atoms with E-state index in [1.54, 1.807) is 18.2 Å². The number of piperazine rings is 1. The van der Waals surface area contributed by atoms with Gasteiger partial charge in [0.25, 0.3) is 0 Å². The summed E-state index contributed by atoms with van der Waals surface area (Å²) in [6.45, 7) is 1.35. The fourth-order valence-electron chi connectivity index (χ4n) is 1.75. The zero-order chi connectivity index (χ0) is 13.8. The standard InChI is InChI=1S/C12H13BrClN3O2/c13-9-5-8(1-2-10(9)14)16-6-12(19)17-4-3-15-11(18)7-17/h1-2,5,16H,3-4,6-7H2,(H,15,18). The monoisotopic (exact) mass is 345 g/mol. The smallest absolute Gasteiger partial charge is 0.242 e. The predicted octanol–water partition coefficient (Wildman–Crippen LogP) is 1.47. The van der Waals surface area contributed by atoms with Crippen LogP contribution >= 0.6 is 27.5 Å². The second-order valence-electron chi connectivity index (χ2n) is 4.15. The molecule has 0 aromatic heterocycles. The first-order valence-electron chi connectivity index (χ1n) is 5.79. The van der Waals surface area contributed by atoms with Crippen LogP contribution in [0.3, 0.4) is 0 Å². The molecule has 0 aliphatic carbocycles. The number of carbonyl (C=O) groups is 2. The van der Waals surface area contributed by atoms with Gasteiger partial charge in [-0.1, -0.05) is 11.6 Å². The molecule has 1 aliphatic heterocycles. The highest BCUT2D eigenvalue weighted by molar-refractivity contribution is 9.10. The lowest BCUT2D eigenvalue weighted by molar-refractivity contribution is -0.136. The van der Waals surface area contributed by atoms with Crippen molar-refractivity contribution in [3.05, 3.63) is 27.7 Å². The van der Waals surface area contributed by atoms with E-state index in [9.17, 15) is 9.59 Å². The third kappa shape index (κ3) is 3.84. The summed E-state index contributed by atoms with van der Waals surface area (Å²) >= 11 is 9.20. The number of hydrogen-bond donors (Lipinski definition) is 2. The summed E-state index contributed by atoms with van der Waals surface area (Å²) < 4.78 is 0.768. The number of nitrogens with one attached hydrogen (secondary N) is 2. The van der Waals surface area contributed by atoms with Gasteiger partial charge in [0.2, 0.25) is 11.8 Å². The second-order valence-corrected chi connectivity index (χ2v) is 5.41. The summed E-state index contributed by atoms with van der Waals surface area (Å²) in [4.78, 5) is 24.6. The van der Waals surface area contributed by atoms with Gasteiger partial charge in [-0.15, -0.1) is 0 Å². The molecule has 7 heteroatoms. The van der Waals surface area contributed by atoms with Crippen LogP contribution in [0.15, 0.2) is 22.7 Å². The van der Waals surface area contributed by atoms with E-state index in [2.05, 4.69) is 26.6 Å². The Bertz CT molecular complexity index is 510. The molecule has 0 unspecified atom stereocenters. The highest BCUT2D eigenvalue weighted by Crippen LogP contribution is 2.25. The first-order chi connectivity index (χ1) is 9.06. The van der Waals surface area contributed by atoms with Crippen LogP contribution in [0.2, 0.25) is 5.02 Å². The summed E-state index contributed by atoms with van der Waals surface area (Å²) in [6.07, 6.45) is 0. The van der Waals surface area contributed by atoms with Crippen molar-refractivity contribution in [3.8, 4) is 0 Å². The number of benzene rings is 1. The van der Waals surface area contributed by atoms with Gasteiger partial charge in [0, 0.05) is 23.2 Å². The predicted molar refractivity (Wildman–Crippen MR) is 77.2 cm³/mol. The molecule has 1 fully saturated rings. The van der Waals surface area contributed by atoms with Gasteiger partial charge in [-0.25, -0.2) is 0 Å². The van der Waals surface area contributed by atoms with Crippen molar-refractivity contribution in [3.63, 3.8) is 0 Å². The Morgan fingerprint density at radius 1 is 1.53 bits per heavy atom. The topological polar surface area (TPSA) is 61.4 Å². The second kappa shape index (κ2) is 6.25. The zero-order valence-corrected chi connectivity index (χ0v) is 12.4. The van der Waals surface area contributed by atoms with Gasteiger partial charge in [0.15, 0.2) is 0 Å². The Balaban J connectivity index is 1.89. The average Bonchev–Trinajstić information content (AvgIpc) is 2.40. The number of carbonyl (C=O) groups excluding carboxylic acids is 2. The molecule has 0 saturated carbocycles. The van der Waals surface area contributed by atoms with Crippen molar-refractivity contribution in [2.75, 3.05) is 31.5 Å². The Kier molecular flexibility index (Phi) is 4.66. The maximum absolute atomic E-state index is 11.9. The maximum Gasteiger partial charge on any atom is 0.242 e. The van der Waals surface area contributed by atoms with Crippen LogP contribution in [0.1, 0.15) is 0 Å². The molecule has 0 radical (unpaired) electrons. The van der Waals surface area contributed by atoms with Crippen molar-refractivity contribution in [1.29, 1.82) is 0 Å². The van der Waals surface area contributed by atoms with Crippen LogP contribution < -0.4 is 10.6 Å². The molecule has 0 atom stereocenters. The lowest BCUT2D eigenvalue weighted by Gasteiger charge is -2.26.